The summed E-state index contributed by atoms with van der Waals surface area (Å²) in [5.41, 5.74) is 2.43. The van der Waals surface area contributed by atoms with Crippen LogP contribution in [0.5, 0.6) is 0 Å². The van der Waals surface area contributed by atoms with Crippen molar-refractivity contribution < 1.29 is 9.53 Å². The fraction of sp³-hybridized carbons (Fsp3) is 0.500. The predicted molar refractivity (Wildman–Crippen MR) is 147 cm³/mol. The van der Waals surface area contributed by atoms with E-state index in [2.05, 4.69) is 13.8 Å². The molecule has 0 bridgehead atoms. The zero-order valence-corrected chi connectivity index (χ0v) is 22.3. The Kier molecular flexibility index (Phi) is 10.7. The van der Waals surface area contributed by atoms with E-state index < -0.39 is 0 Å². The Balaban J connectivity index is 2.06. The first-order chi connectivity index (χ1) is 17.5. The molecule has 3 aromatic rings. The second-order valence-electron chi connectivity index (χ2n) is 9.49. The van der Waals surface area contributed by atoms with Gasteiger partial charge < -0.3 is 9.64 Å². The standard InChI is InChI=1S/C30H41N3O3/c1-5-7-8-9-10-16-28(34)32(21-13-22-36-4)27(6-2)29-31-26-15-12-11-14-25(26)30(35)33(29)24-19-17-23(3)18-20-24/h11-12,14-15,17-20,27H,5-10,13,16,21-22H2,1-4H3. The zero-order valence-electron chi connectivity index (χ0n) is 22.3. The van der Waals surface area contributed by atoms with Gasteiger partial charge >= 0.3 is 0 Å². The highest BCUT2D eigenvalue weighted by atomic mass is 16.5. The maximum absolute atomic E-state index is 13.8. The lowest BCUT2D eigenvalue weighted by Gasteiger charge is -2.32. The van der Waals surface area contributed by atoms with Crippen LogP contribution in [-0.4, -0.2) is 40.6 Å². The van der Waals surface area contributed by atoms with E-state index in [1.807, 2.05) is 60.4 Å². The molecule has 36 heavy (non-hydrogen) atoms. The molecule has 1 heterocycles. The van der Waals surface area contributed by atoms with E-state index in [1.54, 1.807) is 11.7 Å². The number of hydrogen-bond donors (Lipinski definition) is 0. The number of hydrogen-bond acceptors (Lipinski definition) is 4. The molecule has 0 saturated carbocycles. The molecule has 0 fully saturated rings. The van der Waals surface area contributed by atoms with Crippen LogP contribution in [0.25, 0.3) is 16.6 Å². The Labute approximate surface area is 215 Å². The Morgan fingerprint density at radius 2 is 1.72 bits per heavy atom. The van der Waals surface area contributed by atoms with Crippen molar-refractivity contribution in [2.45, 2.75) is 78.2 Å². The number of nitrogens with zero attached hydrogens (tertiary/aromatic N) is 3. The minimum absolute atomic E-state index is 0.109. The minimum atomic E-state index is -0.316. The third-order valence-corrected chi connectivity index (χ3v) is 6.72. The van der Waals surface area contributed by atoms with E-state index >= 15 is 0 Å². The number of carbonyl (C=O) groups is 1. The fourth-order valence-electron chi connectivity index (χ4n) is 4.72. The second kappa shape index (κ2) is 13.9. The van der Waals surface area contributed by atoms with Crippen LogP contribution in [0, 0.1) is 6.92 Å². The summed E-state index contributed by atoms with van der Waals surface area (Å²) in [7, 11) is 1.68. The van der Waals surface area contributed by atoms with Crippen molar-refractivity contribution in [1.29, 1.82) is 0 Å². The summed E-state index contributed by atoms with van der Waals surface area (Å²) < 4.78 is 6.99. The first-order valence-corrected chi connectivity index (χ1v) is 13.4. The summed E-state index contributed by atoms with van der Waals surface area (Å²) >= 11 is 0. The third-order valence-electron chi connectivity index (χ3n) is 6.72. The highest BCUT2D eigenvalue weighted by molar-refractivity contribution is 5.79. The van der Waals surface area contributed by atoms with E-state index in [0.717, 1.165) is 36.9 Å². The van der Waals surface area contributed by atoms with Gasteiger partial charge in [-0.2, -0.15) is 0 Å². The number of carbonyl (C=O) groups excluding carboxylic acids is 1. The van der Waals surface area contributed by atoms with Crippen molar-refractivity contribution in [3.8, 4) is 5.69 Å². The molecule has 1 aromatic heterocycles. The number of aromatic nitrogens is 2. The van der Waals surface area contributed by atoms with E-state index in [4.69, 9.17) is 9.72 Å². The van der Waals surface area contributed by atoms with Crippen molar-refractivity contribution >= 4 is 16.8 Å². The second-order valence-corrected chi connectivity index (χ2v) is 9.49. The zero-order chi connectivity index (χ0) is 25.9. The van der Waals surface area contributed by atoms with Gasteiger partial charge in [0.15, 0.2) is 0 Å². The van der Waals surface area contributed by atoms with Gasteiger partial charge in [-0.25, -0.2) is 4.98 Å². The lowest BCUT2D eigenvalue weighted by Crippen LogP contribution is -2.39. The molecule has 0 saturated heterocycles. The van der Waals surface area contributed by atoms with Gasteiger partial charge in [-0.15, -0.1) is 0 Å². The Morgan fingerprint density at radius 3 is 2.42 bits per heavy atom. The Morgan fingerprint density at radius 1 is 1.00 bits per heavy atom. The average Bonchev–Trinajstić information content (AvgIpc) is 2.89. The molecule has 1 atom stereocenters. The molecule has 0 aliphatic rings. The van der Waals surface area contributed by atoms with Crippen molar-refractivity contribution in [3.05, 3.63) is 70.3 Å². The van der Waals surface area contributed by atoms with Crippen molar-refractivity contribution in [3.63, 3.8) is 0 Å². The summed E-state index contributed by atoms with van der Waals surface area (Å²) in [5, 5.41) is 0.574. The first kappa shape index (κ1) is 27.6. The van der Waals surface area contributed by atoms with E-state index in [1.165, 1.54) is 12.8 Å². The molecule has 2 aromatic carbocycles. The largest absolute Gasteiger partial charge is 0.385 e. The van der Waals surface area contributed by atoms with Gasteiger partial charge in [0.1, 0.15) is 5.82 Å². The third kappa shape index (κ3) is 6.82. The smallest absolute Gasteiger partial charge is 0.266 e. The molecule has 0 aliphatic carbocycles. The maximum atomic E-state index is 13.8. The molecular formula is C30H41N3O3. The van der Waals surface area contributed by atoms with Gasteiger partial charge in [0, 0.05) is 26.7 Å². The van der Waals surface area contributed by atoms with Gasteiger partial charge in [0.25, 0.3) is 5.56 Å². The van der Waals surface area contributed by atoms with E-state index in [9.17, 15) is 9.59 Å². The van der Waals surface area contributed by atoms with Crippen LogP contribution < -0.4 is 5.56 Å². The van der Waals surface area contributed by atoms with Crippen molar-refractivity contribution in [2.24, 2.45) is 0 Å². The van der Waals surface area contributed by atoms with Crippen LogP contribution in [-0.2, 0) is 9.53 Å². The fourth-order valence-corrected chi connectivity index (χ4v) is 4.72. The summed E-state index contributed by atoms with van der Waals surface area (Å²) in [4.78, 5) is 34.3. The van der Waals surface area contributed by atoms with Crippen LogP contribution in [0.3, 0.4) is 0 Å². The molecular weight excluding hydrogens is 450 g/mol. The molecule has 0 N–H and O–H groups in total. The monoisotopic (exact) mass is 491 g/mol. The summed E-state index contributed by atoms with van der Waals surface area (Å²) in [6.45, 7) is 7.42. The quantitative estimate of drug-likeness (QED) is 0.246. The van der Waals surface area contributed by atoms with Gasteiger partial charge in [0.2, 0.25) is 5.91 Å². The number of rotatable bonds is 14. The molecule has 6 heteroatoms. The highest BCUT2D eigenvalue weighted by Gasteiger charge is 2.28. The lowest BCUT2D eigenvalue weighted by molar-refractivity contribution is -0.134. The molecule has 1 unspecified atom stereocenters. The SMILES string of the molecule is CCCCCCCC(=O)N(CCCOC)C(CC)c1nc2ccccc2c(=O)n1-c1ccc(C)cc1. The minimum Gasteiger partial charge on any atom is -0.385 e. The Bertz CT molecular complexity index is 1170. The van der Waals surface area contributed by atoms with Crippen LogP contribution in [0.1, 0.15) is 82.6 Å². The predicted octanol–water partition coefficient (Wildman–Crippen LogP) is 6.37. The normalized spacial score (nSPS) is 12.1. The lowest BCUT2D eigenvalue weighted by atomic mass is 10.1. The Hall–Kier alpha value is -2.99. The molecule has 0 radical (unpaired) electrons. The average molecular weight is 492 g/mol. The number of unbranched alkanes of at least 4 members (excludes halogenated alkanes) is 4. The number of aryl methyl sites for hydroxylation is 1. The number of amides is 1. The summed E-state index contributed by atoms with van der Waals surface area (Å²) in [6.07, 6.45) is 7.38. The molecule has 1 amide bonds. The number of fused-ring (bicyclic) bond motifs is 1. The van der Waals surface area contributed by atoms with Crippen molar-refractivity contribution in [2.75, 3.05) is 20.3 Å². The van der Waals surface area contributed by atoms with Gasteiger partial charge in [-0.05, 0) is 50.5 Å². The number of para-hydroxylation sites is 1. The highest BCUT2D eigenvalue weighted by Crippen LogP contribution is 2.27. The molecule has 3 rings (SSSR count). The van der Waals surface area contributed by atoms with Crippen molar-refractivity contribution in [1.82, 2.24) is 14.5 Å². The van der Waals surface area contributed by atoms with Crippen LogP contribution in [0.15, 0.2) is 53.3 Å². The molecule has 6 nitrogen and oxygen atoms in total. The van der Waals surface area contributed by atoms with Crippen LogP contribution >= 0.6 is 0 Å². The molecule has 0 aliphatic heterocycles. The summed E-state index contributed by atoms with van der Waals surface area (Å²) in [6, 6.07) is 15.0. The molecule has 0 spiro atoms. The van der Waals surface area contributed by atoms with E-state index in [-0.39, 0.29) is 17.5 Å². The van der Waals surface area contributed by atoms with Gasteiger partial charge in [0.05, 0.1) is 22.6 Å². The number of methoxy groups -OCH3 is 1. The number of ether oxygens (including phenoxy) is 1. The summed E-state index contributed by atoms with van der Waals surface area (Å²) in [5.74, 6) is 0.731. The first-order valence-electron chi connectivity index (χ1n) is 13.4. The van der Waals surface area contributed by atoms with Gasteiger partial charge in [-0.3, -0.25) is 14.2 Å². The van der Waals surface area contributed by atoms with Crippen LogP contribution in [0.2, 0.25) is 0 Å². The van der Waals surface area contributed by atoms with E-state index in [0.29, 0.717) is 42.7 Å². The molecule has 194 valence electrons. The van der Waals surface area contributed by atoms with Crippen LogP contribution in [0.4, 0.5) is 0 Å². The van der Waals surface area contributed by atoms with Gasteiger partial charge in [-0.1, -0.05) is 69.4 Å². The number of benzene rings is 2. The topological polar surface area (TPSA) is 64.4 Å². The maximum Gasteiger partial charge on any atom is 0.266 e.